The minimum Gasteiger partial charge on any atom is -0.347 e. The number of hydrogen-bond acceptors (Lipinski definition) is 5. The van der Waals surface area contributed by atoms with E-state index >= 15 is 0 Å². The van der Waals surface area contributed by atoms with Crippen molar-refractivity contribution in [1.29, 1.82) is 0 Å². The first kappa shape index (κ1) is 15.6. The first-order valence-corrected chi connectivity index (χ1v) is 7.75. The number of amides is 1. The average Bonchev–Trinajstić information content (AvgIpc) is 3.15. The van der Waals surface area contributed by atoms with Gasteiger partial charge in [0.1, 0.15) is 5.54 Å². The van der Waals surface area contributed by atoms with Crippen molar-refractivity contribution < 1.29 is 4.79 Å². The van der Waals surface area contributed by atoms with Gasteiger partial charge in [0, 0.05) is 51.8 Å². The molecular formula is C16H22N6O. The fourth-order valence-corrected chi connectivity index (χ4v) is 3.39. The first-order chi connectivity index (χ1) is 11.0. The van der Waals surface area contributed by atoms with E-state index < -0.39 is 5.54 Å². The molecule has 0 radical (unpaired) electrons. The van der Waals surface area contributed by atoms with E-state index in [4.69, 9.17) is 0 Å². The molecule has 1 atom stereocenters. The molecule has 3 heterocycles. The Morgan fingerprint density at radius 3 is 2.78 bits per heavy atom. The van der Waals surface area contributed by atoms with E-state index in [1.54, 1.807) is 42.3 Å². The second kappa shape index (κ2) is 6.08. The standard InChI is InChI=1S/C16H22N6O/c1-20(2)15(23)16(14-10-17-6-7-18-14)5-4-8-22(16)12-13-9-19-21(3)11-13/h6-7,9-11H,4-5,8,12H2,1-3H3. The average molecular weight is 314 g/mol. The lowest BCUT2D eigenvalue weighted by atomic mass is 9.90. The van der Waals surface area contributed by atoms with Crippen molar-refractivity contribution in [2.45, 2.75) is 24.9 Å². The lowest BCUT2D eigenvalue weighted by Gasteiger charge is -2.38. The second-order valence-corrected chi connectivity index (χ2v) is 6.20. The van der Waals surface area contributed by atoms with Gasteiger partial charge in [-0.25, -0.2) is 0 Å². The minimum absolute atomic E-state index is 0.0550. The lowest BCUT2D eigenvalue weighted by molar-refractivity contribution is -0.141. The molecule has 1 aliphatic rings. The molecule has 1 aliphatic heterocycles. The number of aryl methyl sites for hydroxylation is 1. The molecule has 0 aromatic carbocycles. The Balaban J connectivity index is 2.01. The van der Waals surface area contributed by atoms with Gasteiger partial charge in [-0.1, -0.05) is 0 Å². The van der Waals surface area contributed by atoms with Gasteiger partial charge in [0.2, 0.25) is 5.91 Å². The van der Waals surface area contributed by atoms with Crippen LogP contribution in [0.4, 0.5) is 0 Å². The molecule has 1 unspecified atom stereocenters. The summed E-state index contributed by atoms with van der Waals surface area (Å²) in [6.45, 7) is 1.52. The number of hydrogen-bond donors (Lipinski definition) is 0. The fourth-order valence-electron chi connectivity index (χ4n) is 3.39. The molecule has 2 aromatic heterocycles. The van der Waals surface area contributed by atoms with Crippen LogP contribution in [0.2, 0.25) is 0 Å². The van der Waals surface area contributed by atoms with E-state index in [-0.39, 0.29) is 5.91 Å². The Morgan fingerprint density at radius 2 is 2.17 bits per heavy atom. The van der Waals surface area contributed by atoms with E-state index in [0.717, 1.165) is 30.6 Å². The molecule has 1 saturated heterocycles. The van der Waals surface area contributed by atoms with Crippen molar-refractivity contribution in [3.8, 4) is 0 Å². The maximum Gasteiger partial charge on any atom is 0.248 e. The summed E-state index contributed by atoms with van der Waals surface area (Å²) in [6, 6.07) is 0. The molecule has 7 heteroatoms. The number of rotatable bonds is 4. The third-order valence-corrected chi connectivity index (χ3v) is 4.39. The Hall–Kier alpha value is -2.28. The predicted octanol–water partition coefficient (Wildman–Crippen LogP) is 0.790. The largest absolute Gasteiger partial charge is 0.347 e. The smallest absolute Gasteiger partial charge is 0.248 e. The van der Waals surface area contributed by atoms with Crippen molar-refractivity contribution in [3.63, 3.8) is 0 Å². The number of likely N-dealkylation sites (N-methyl/N-ethyl adjacent to an activating group) is 1. The highest BCUT2D eigenvalue weighted by molar-refractivity contribution is 5.87. The highest BCUT2D eigenvalue weighted by Crippen LogP contribution is 2.40. The quantitative estimate of drug-likeness (QED) is 0.835. The topological polar surface area (TPSA) is 67.2 Å². The summed E-state index contributed by atoms with van der Waals surface area (Å²) in [5.41, 5.74) is 1.07. The normalized spacial score (nSPS) is 21.5. The summed E-state index contributed by atoms with van der Waals surface area (Å²) in [6.07, 6.45) is 10.5. The molecular weight excluding hydrogens is 292 g/mol. The van der Waals surface area contributed by atoms with Crippen LogP contribution in [0.15, 0.2) is 31.0 Å². The van der Waals surface area contributed by atoms with E-state index in [1.165, 1.54) is 0 Å². The SMILES string of the molecule is CN(C)C(=O)C1(c2cnccn2)CCCN1Cc1cnn(C)c1. The van der Waals surface area contributed by atoms with Crippen LogP contribution >= 0.6 is 0 Å². The van der Waals surface area contributed by atoms with Crippen LogP contribution in [0.3, 0.4) is 0 Å². The number of likely N-dealkylation sites (tertiary alicyclic amines) is 1. The molecule has 0 aliphatic carbocycles. The van der Waals surface area contributed by atoms with E-state index in [9.17, 15) is 4.79 Å². The number of carbonyl (C=O) groups is 1. The monoisotopic (exact) mass is 314 g/mol. The van der Waals surface area contributed by atoms with Crippen LogP contribution in [-0.4, -0.2) is 56.1 Å². The van der Waals surface area contributed by atoms with Gasteiger partial charge in [0.15, 0.2) is 0 Å². The molecule has 0 bridgehead atoms. The Kier molecular flexibility index (Phi) is 4.12. The maximum atomic E-state index is 13.1. The van der Waals surface area contributed by atoms with Crippen molar-refractivity contribution in [3.05, 3.63) is 42.2 Å². The Bertz CT molecular complexity index is 683. The van der Waals surface area contributed by atoms with Gasteiger partial charge in [-0.3, -0.25) is 24.3 Å². The molecule has 0 N–H and O–H groups in total. The van der Waals surface area contributed by atoms with E-state index in [1.807, 2.05) is 19.4 Å². The maximum absolute atomic E-state index is 13.1. The molecule has 0 saturated carbocycles. The minimum atomic E-state index is -0.742. The molecule has 2 aromatic rings. The zero-order valence-corrected chi connectivity index (χ0v) is 13.8. The lowest BCUT2D eigenvalue weighted by Crippen LogP contribution is -2.52. The number of carbonyl (C=O) groups excluding carboxylic acids is 1. The van der Waals surface area contributed by atoms with Gasteiger partial charge in [0.05, 0.1) is 18.1 Å². The van der Waals surface area contributed by atoms with Gasteiger partial charge in [-0.05, 0) is 19.4 Å². The van der Waals surface area contributed by atoms with Gasteiger partial charge >= 0.3 is 0 Å². The van der Waals surface area contributed by atoms with Crippen LogP contribution in [0.5, 0.6) is 0 Å². The van der Waals surface area contributed by atoms with E-state index in [0.29, 0.717) is 6.54 Å². The Morgan fingerprint density at radius 1 is 1.35 bits per heavy atom. The van der Waals surface area contributed by atoms with Crippen LogP contribution in [-0.2, 0) is 23.9 Å². The Labute approximate surface area is 135 Å². The molecule has 0 spiro atoms. The highest BCUT2D eigenvalue weighted by atomic mass is 16.2. The molecule has 3 rings (SSSR count). The third-order valence-electron chi connectivity index (χ3n) is 4.39. The first-order valence-electron chi connectivity index (χ1n) is 7.75. The zero-order chi connectivity index (χ0) is 16.4. The number of aromatic nitrogens is 4. The van der Waals surface area contributed by atoms with Gasteiger partial charge in [-0.15, -0.1) is 0 Å². The van der Waals surface area contributed by atoms with Crippen molar-refractivity contribution in [2.24, 2.45) is 7.05 Å². The zero-order valence-electron chi connectivity index (χ0n) is 13.8. The molecule has 1 fully saturated rings. The second-order valence-electron chi connectivity index (χ2n) is 6.20. The highest BCUT2D eigenvalue weighted by Gasteiger charge is 2.50. The summed E-state index contributed by atoms with van der Waals surface area (Å²) < 4.78 is 1.78. The number of nitrogens with zero attached hydrogens (tertiary/aromatic N) is 6. The van der Waals surface area contributed by atoms with E-state index in [2.05, 4.69) is 20.0 Å². The summed E-state index contributed by atoms with van der Waals surface area (Å²) in [7, 11) is 5.48. The van der Waals surface area contributed by atoms with Gasteiger partial charge in [0.25, 0.3) is 0 Å². The van der Waals surface area contributed by atoms with Crippen LogP contribution < -0.4 is 0 Å². The van der Waals surface area contributed by atoms with Gasteiger partial charge < -0.3 is 4.90 Å². The van der Waals surface area contributed by atoms with Crippen molar-refractivity contribution in [1.82, 2.24) is 29.5 Å². The predicted molar refractivity (Wildman–Crippen MR) is 85.3 cm³/mol. The summed E-state index contributed by atoms with van der Waals surface area (Å²) in [5.74, 6) is 0.0550. The van der Waals surface area contributed by atoms with Crippen molar-refractivity contribution >= 4 is 5.91 Å². The summed E-state index contributed by atoms with van der Waals surface area (Å²) >= 11 is 0. The van der Waals surface area contributed by atoms with Gasteiger partial charge in [-0.2, -0.15) is 5.10 Å². The van der Waals surface area contributed by atoms with Crippen LogP contribution in [0, 0.1) is 0 Å². The van der Waals surface area contributed by atoms with Crippen LogP contribution in [0.25, 0.3) is 0 Å². The fraction of sp³-hybridized carbons (Fsp3) is 0.500. The summed E-state index contributed by atoms with van der Waals surface area (Å²) in [5, 5.41) is 4.23. The molecule has 23 heavy (non-hydrogen) atoms. The van der Waals surface area contributed by atoms with Crippen LogP contribution in [0.1, 0.15) is 24.1 Å². The molecule has 122 valence electrons. The molecule has 7 nitrogen and oxygen atoms in total. The summed E-state index contributed by atoms with van der Waals surface area (Å²) in [4.78, 5) is 25.6. The third kappa shape index (κ3) is 2.72. The van der Waals surface area contributed by atoms with Crippen molar-refractivity contribution in [2.75, 3.05) is 20.6 Å². The molecule has 1 amide bonds.